The van der Waals surface area contributed by atoms with Gasteiger partial charge in [0, 0.05) is 12.2 Å². The standard InChI is InChI=1S/C17H19N3/c1-12(2)14-5-3-13(4-6-14)11-20-17-8-7-16(19)9-15(17)10-18/h3-9,12,20H,11,19H2,1-2H3. The molecule has 0 aliphatic carbocycles. The van der Waals surface area contributed by atoms with Gasteiger partial charge in [-0.05, 0) is 35.2 Å². The Morgan fingerprint density at radius 3 is 2.45 bits per heavy atom. The number of nitrogens with one attached hydrogen (secondary N) is 1. The van der Waals surface area contributed by atoms with Crippen molar-refractivity contribution in [2.45, 2.75) is 26.3 Å². The van der Waals surface area contributed by atoms with Gasteiger partial charge in [-0.15, -0.1) is 0 Å². The zero-order valence-corrected chi connectivity index (χ0v) is 11.9. The summed E-state index contributed by atoms with van der Waals surface area (Å²) in [4.78, 5) is 0. The molecule has 0 bridgehead atoms. The molecule has 3 nitrogen and oxygen atoms in total. The summed E-state index contributed by atoms with van der Waals surface area (Å²) < 4.78 is 0. The van der Waals surface area contributed by atoms with Gasteiger partial charge in [-0.2, -0.15) is 5.26 Å². The monoisotopic (exact) mass is 265 g/mol. The number of nitrogen functional groups attached to an aromatic ring is 1. The molecule has 0 aromatic heterocycles. The molecular weight excluding hydrogens is 246 g/mol. The fourth-order valence-electron chi connectivity index (χ4n) is 2.03. The number of hydrogen-bond donors (Lipinski definition) is 2. The van der Waals surface area contributed by atoms with Crippen LogP contribution < -0.4 is 11.1 Å². The Bertz CT molecular complexity index is 622. The zero-order chi connectivity index (χ0) is 14.5. The predicted molar refractivity (Wildman–Crippen MR) is 83.4 cm³/mol. The summed E-state index contributed by atoms with van der Waals surface area (Å²) in [5.74, 6) is 0.541. The summed E-state index contributed by atoms with van der Waals surface area (Å²) in [6, 6.07) is 16.0. The van der Waals surface area contributed by atoms with Gasteiger partial charge < -0.3 is 11.1 Å². The smallest absolute Gasteiger partial charge is 0.101 e. The predicted octanol–water partition coefficient (Wildman–Crippen LogP) is 3.88. The Morgan fingerprint density at radius 2 is 1.85 bits per heavy atom. The maximum atomic E-state index is 9.09. The highest BCUT2D eigenvalue weighted by molar-refractivity contribution is 5.63. The van der Waals surface area contributed by atoms with E-state index in [2.05, 4.69) is 49.5 Å². The highest BCUT2D eigenvalue weighted by atomic mass is 14.9. The molecule has 102 valence electrons. The van der Waals surface area contributed by atoms with Crippen molar-refractivity contribution in [2.75, 3.05) is 11.1 Å². The lowest BCUT2D eigenvalue weighted by atomic mass is 10.0. The Labute approximate surface area is 120 Å². The van der Waals surface area contributed by atoms with Crippen molar-refractivity contribution >= 4 is 11.4 Å². The number of nitriles is 1. The van der Waals surface area contributed by atoms with Gasteiger partial charge in [0.05, 0.1) is 11.3 Å². The third-order valence-corrected chi connectivity index (χ3v) is 3.29. The molecule has 0 aliphatic heterocycles. The van der Waals surface area contributed by atoms with E-state index >= 15 is 0 Å². The van der Waals surface area contributed by atoms with Gasteiger partial charge in [-0.1, -0.05) is 38.1 Å². The maximum Gasteiger partial charge on any atom is 0.101 e. The van der Waals surface area contributed by atoms with E-state index in [1.54, 1.807) is 12.1 Å². The van der Waals surface area contributed by atoms with E-state index in [0.29, 0.717) is 23.7 Å². The number of nitrogens with two attached hydrogens (primary N) is 1. The van der Waals surface area contributed by atoms with Crippen LogP contribution in [-0.4, -0.2) is 0 Å². The normalized spacial score (nSPS) is 10.3. The molecule has 0 amide bonds. The summed E-state index contributed by atoms with van der Waals surface area (Å²) in [5, 5.41) is 12.4. The lowest BCUT2D eigenvalue weighted by Gasteiger charge is -2.10. The second-order valence-electron chi connectivity index (χ2n) is 5.17. The molecule has 0 radical (unpaired) electrons. The fraction of sp³-hybridized carbons (Fsp3) is 0.235. The van der Waals surface area contributed by atoms with E-state index < -0.39 is 0 Å². The first-order chi connectivity index (χ1) is 9.60. The van der Waals surface area contributed by atoms with E-state index in [-0.39, 0.29) is 0 Å². The average Bonchev–Trinajstić information content (AvgIpc) is 2.46. The first-order valence-electron chi connectivity index (χ1n) is 6.72. The molecule has 2 rings (SSSR count). The quantitative estimate of drug-likeness (QED) is 0.825. The average molecular weight is 265 g/mol. The number of rotatable bonds is 4. The fourth-order valence-corrected chi connectivity index (χ4v) is 2.03. The Balaban J connectivity index is 2.07. The van der Waals surface area contributed by atoms with Crippen LogP contribution in [0.25, 0.3) is 0 Å². The molecule has 3 heteroatoms. The van der Waals surface area contributed by atoms with Crippen molar-refractivity contribution in [1.82, 2.24) is 0 Å². The van der Waals surface area contributed by atoms with Gasteiger partial charge in [0.25, 0.3) is 0 Å². The van der Waals surface area contributed by atoms with E-state index in [0.717, 1.165) is 5.69 Å². The van der Waals surface area contributed by atoms with E-state index in [4.69, 9.17) is 11.0 Å². The van der Waals surface area contributed by atoms with Crippen molar-refractivity contribution in [3.8, 4) is 6.07 Å². The van der Waals surface area contributed by atoms with Crippen LogP contribution in [0.4, 0.5) is 11.4 Å². The molecule has 0 unspecified atom stereocenters. The van der Waals surface area contributed by atoms with Gasteiger partial charge in [0.2, 0.25) is 0 Å². The van der Waals surface area contributed by atoms with Crippen molar-refractivity contribution in [1.29, 1.82) is 5.26 Å². The van der Waals surface area contributed by atoms with Gasteiger partial charge >= 0.3 is 0 Å². The van der Waals surface area contributed by atoms with Crippen molar-refractivity contribution < 1.29 is 0 Å². The lowest BCUT2D eigenvalue weighted by molar-refractivity contribution is 0.865. The van der Waals surface area contributed by atoms with Crippen LogP contribution in [-0.2, 0) is 6.54 Å². The highest BCUT2D eigenvalue weighted by Gasteiger charge is 2.03. The van der Waals surface area contributed by atoms with Crippen molar-refractivity contribution in [3.63, 3.8) is 0 Å². The van der Waals surface area contributed by atoms with Crippen LogP contribution in [0.1, 0.15) is 36.5 Å². The third kappa shape index (κ3) is 3.30. The van der Waals surface area contributed by atoms with Crippen LogP contribution in [0.3, 0.4) is 0 Å². The molecule has 3 N–H and O–H groups in total. The summed E-state index contributed by atoms with van der Waals surface area (Å²) in [6.07, 6.45) is 0. The molecule has 20 heavy (non-hydrogen) atoms. The SMILES string of the molecule is CC(C)c1ccc(CNc2ccc(N)cc2C#N)cc1. The first kappa shape index (κ1) is 14.0. The second kappa shape index (κ2) is 6.12. The third-order valence-electron chi connectivity index (χ3n) is 3.29. The Kier molecular flexibility index (Phi) is 4.27. The maximum absolute atomic E-state index is 9.09. The summed E-state index contributed by atoms with van der Waals surface area (Å²) in [6.45, 7) is 5.05. The van der Waals surface area contributed by atoms with Crippen LogP contribution in [0.15, 0.2) is 42.5 Å². The molecule has 0 saturated heterocycles. The van der Waals surface area contributed by atoms with E-state index in [9.17, 15) is 0 Å². The molecule has 2 aromatic carbocycles. The van der Waals surface area contributed by atoms with Crippen LogP contribution in [0.2, 0.25) is 0 Å². The topological polar surface area (TPSA) is 61.8 Å². The number of anilines is 2. The largest absolute Gasteiger partial charge is 0.399 e. The molecule has 0 heterocycles. The Morgan fingerprint density at radius 1 is 1.15 bits per heavy atom. The molecule has 0 aliphatic rings. The van der Waals surface area contributed by atoms with Crippen LogP contribution >= 0.6 is 0 Å². The second-order valence-corrected chi connectivity index (χ2v) is 5.17. The molecule has 0 saturated carbocycles. The molecular formula is C17H19N3. The van der Waals surface area contributed by atoms with Crippen LogP contribution in [0, 0.1) is 11.3 Å². The van der Waals surface area contributed by atoms with Gasteiger partial charge in [-0.25, -0.2) is 0 Å². The van der Waals surface area contributed by atoms with Crippen LogP contribution in [0.5, 0.6) is 0 Å². The molecule has 0 fully saturated rings. The minimum Gasteiger partial charge on any atom is -0.399 e. The summed E-state index contributed by atoms with van der Waals surface area (Å²) in [5.41, 5.74) is 10.2. The van der Waals surface area contributed by atoms with Gasteiger partial charge in [0.1, 0.15) is 6.07 Å². The van der Waals surface area contributed by atoms with E-state index in [1.165, 1.54) is 11.1 Å². The minimum atomic E-state index is 0.541. The summed E-state index contributed by atoms with van der Waals surface area (Å²) >= 11 is 0. The number of hydrogen-bond acceptors (Lipinski definition) is 3. The zero-order valence-electron chi connectivity index (χ0n) is 11.9. The molecule has 0 atom stereocenters. The minimum absolute atomic E-state index is 0.541. The summed E-state index contributed by atoms with van der Waals surface area (Å²) in [7, 11) is 0. The number of nitrogens with zero attached hydrogens (tertiary/aromatic N) is 1. The lowest BCUT2D eigenvalue weighted by Crippen LogP contribution is -2.02. The van der Waals surface area contributed by atoms with Gasteiger partial charge in [0.15, 0.2) is 0 Å². The number of benzene rings is 2. The Hall–Kier alpha value is -2.47. The highest BCUT2D eigenvalue weighted by Crippen LogP contribution is 2.19. The van der Waals surface area contributed by atoms with E-state index in [1.807, 2.05) is 6.07 Å². The molecule has 0 spiro atoms. The first-order valence-corrected chi connectivity index (χ1v) is 6.72. The van der Waals surface area contributed by atoms with Gasteiger partial charge in [-0.3, -0.25) is 0 Å². The van der Waals surface area contributed by atoms with Crippen molar-refractivity contribution in [2.24, 2.45) is 0 Å². The molecule has 2 aromatic rings. The van der Waals surface area contributed by atoms with Crippen molar-refractivity contribution in [3.05, 3.63) is 59.2 Å².